The second-order valence-electron chi connectivity index (χ2n) is 3.15. The van der Waals surface area contributed by atoms with Crippen molar-refractivity contribution < 1.29 is 4.39 Å². The number of nitrogens with zero attached hydrogens (tertiary/aromatic N) is 1. The summed E-state index contributed by atoms with van der Waals surface area (Å²) in [6.07, 6.45) is 3.26. The first-order valence-corrected chi connectivity index (χ1v) is 6.20. The molecular formula is C10H8BrFN4S. The smallest absolute Gasteiger partial charge is 0.170 e. The summed E-state index contributed by atoms with van der Waals surface area (Å²) in [4.78, 5) is 7.28. The number of rotatable bonds is 3. The standard InChI is InChI=1S/C10H8BrFN4S/c11-7-5(9(13)14)1-2-6(8(7)12)17-10-15-3-4-16-10/h1-4H,(H3,13,14)(H,15,16). The molecule has 1 aromatic heterocycles. The van der Waals surface area contributed by atoms with Crippen molar-refractivity contribution in [3.05, 3.63) is 40.4 Å². The van der Waals surface area contributed by atoms with Gasteiger partial charge in [-0.1, -0.05) is 0 Å². The third-order valence-corrected chi connectivity index (χ3v) is 3.74. The van der Waals surface area contributed by atoms with Crippen molar-refractivity contribution in [3.8, 4) is 0 Å². The van der Waals surface area contributed by atoms with Gasteiger partial charge >= 0.3 is 0 Å². The van der Waals surface area contributed by atoms with Crippen LogP contribution in [0.1, 0.15) is 5.56 Å². The monoisotopic (exact) mass is 314 g/mol. The van der Waals surface area contributed by atoms with Crippen molar-refractivity contribution in [1.82, 2.24) is 9.97 Å². The van der Waals surface area contributed by atoms with E-state index in [-0.39, 0.29) is 10.3 Å². The van der Waals surface area contributed by atoms with Gasteiger partial charge in [-0.05, 0) is 39.8 Å². The number of H-pyrrole nitrogens is 1. The van der Waals surface area contributed by atoms with Crippen LogP contribution >= 0.6 is 27.7 Å². The van der Waals surface area contributed by atoms with Crippen molar-refractivity contribution in [1.29, 1.82) is 5.41 Å². The Morgan fingerprint density at radius 2 is 2.29 bits per heavy atom. The van der Waals surface area contributed by atoms with Crippen LogP contribution in [0.4, 0.5) is 4.39 Å². The SMILES string of the molecule is N=C(N)c1ccc(Sc2ncc[nH]2)c(F)c1Br. The van der Waals surface area contributed by atoms with E-state index in [2.05, 4.69) is 25.9 Å². The second kappa shape index (κ2) is 4.89. The molecule has 0 aliphatic heterocycles. The van der Waals surface area contributed by atoms with Gasteiger partial charge in [-0.2, -0.15) is 0 Å². The molecule has 1 aromatic carbocycles. The molecule has 0 radical (unpaired) electrons. The van der Waals surface area contributed by atoms with Gasteiger partial charge in [0.2, 0.25) is 0 Å². The molecule has 4 N–H and O–H groups in total. The van der Waals surface area contributed by atoms with E-state index in [0.29, 0.717) is 15.6 Å². The largest absolute Gasteiger partial charge is 0.384 e. The average Bonchev–Trinajstić information content (AvgIpc) is 2.77. The van der Waals surface area contributed by atoms with Gasteiger partial charge in [0.05, 0.1) is 9.37 Å². The van der Waals surface area contributed by atoms with E-state index in [0.717, 1.165) is 0 Å². The topological polar surface area (TPSA) is 78.6 Å². The average molecular weight is 315 g/mol. The molecule has 0 atom stereocenters. The number of nitrogen functional groups attached to an aromatic ring is 1. The number of hydrogen-bond donors (Lipinski definition) is 3. The number of imidazole rings is 1. The summed E-state index contributed by atoms with van der Waals surface area (Å²) in [6.45, 7) is 0. The highest BCUT2D eigenvalue weighted by Gasteiger charge is 2.14. The van der Waals surface area contributed by atoms with Crippen LogP contribution in [0.2, 0.25) is 0 Å². The number of amidine groups is 1. The van der Waals surface area contributed by atoms with Crippen LogP contribution in [0.25, 0.3) is 0 Å². The predicted octanol–water partition coefficient (Wildman–Crippen LogP) is 2.75. The minimum absolute atomic E-state index is 0.176. The van der Waals surface area contributed by atoms with Crippen molar-refractivity contribution in [2.75, 3.05) is 0 Å². The van der Waals surface area contributed by atoms with Gasteiger partial charge in [-0.15, -0.1) is 0 Å². The lowest BCUT2D eigenvalue weighted by atomic mass is 10.2. The molecule has 0 saturated carbocycles. The van der Waals surface area contributed by atoms with E-state index in [1.807, 2.05) is 0 Å². The number of aromatic nitrogens is 2. The fraction of sp³-hybridized carbons (Fsp3) is 0. The van der Waals surface area contributed by atoms with Gasteiger partial charge in [0, 0.05) is 18.0 Å². The Hall–Kier alpha value is -1.34. The van der Waals surface area contributed by atoms with Crippen LogP contribution in [0.5, 0.6) is 0 Å². The summed E-state index contributed by atoms with van der Waals surface area (Å²) < 4.78 is 14.1. The molecule has 0 spiro atoms. The summed E-state index contributed by atoms with van der Waals surface area (Å²) in [5.74, 6) is -0.621. The number of nitrogens with two attached hydrogens (primary N) is 1. The number of aromatic amines is 1. The molecule has 0 saturated heterocycles. The molecule has 1 heterocycles. The molecule has 0 aliphatic rings. The van der Waals surface area contributed by atoms with Gasteiger partial charge < -0.3 is 10.7 Å². The highest BCUT2D eigenvalue weighted by Crippen LogP contribution is 2.32. The molecule has 2 aromatic rings. The molecule has 0 bridgehead atoms. The maximum atomic E-state index is 14.0. The fourth-order valence-corrected chi connectivity index (χ4v) is 2.70. The Bertz CT molecular complexity index is 556. The number of hydrogen-bond acceptors (Lipinski definition) is 3. The minimum Gasteiger partial charge on any atom is -0.384 e. The van der Waals surface area contributed by atoms with Gasteiger partial charge in [-0.3, -0.25) is 5.41 Å². The Morgan fingerprint density at radius 3 is 2.88 bits per heavy atom. The van der Waals surface area contributed by atoms with Crippen LogP contribution in [0, 0.1) is 11.2 Å². The first-order valence-electron chi connectivity index (χ1n) is 4.59. The Balaban J connectivity index is 2.37. The van der Waals surface area contributed by atoms with E-state index in [9.17, 15) is 4.39 Å². The van der Waals surface area contributed by atoms with Gasteiger partial charge in [0.1, 0.15) is 5.84 Å². The predicted molar refractivity (Wildman–Crippen MR) is 67.8 cm³/mol. The van der Waals surface area contributed by atoms with Gasteiger partial charge in [0.15, 0.2) is 11.0 Å². The van der Waals surface area contributed by atoms with Crippen LogP contribution in [-0.4, -0.2) is 15.8 Å². The molecule has 0 aliphatic carbocycles. The highest BCUT2D eigenvalue weighted by molar-refractivity contribution is 9.10. The van der Waals surface area contributed by atoms with E-state index in [4.69, 9.17) is 11.1 Å². The van der Waals surface area contributed by atoms with Crippen molar-refractivity contribution >= 4 is 33.5 Å². The molecule has 88 valence electrons. The number of halogens is 2. The summed E-state index contributed by atoms with van der Waals surface area (Å²) in [5.41, 5.74) is 5.67. The van der Waals surface area contributed by atoms with E-state index in [1.54, 1.807) is 24.5 Å². The lowest BCUT2D eigenvalue weighted by Gasteiger charge is -2.07. The molecular weight excluding hydrogens is 307 g/mol. The Labute approximate surface area is 109 Å². The third-order valence-electron chi connectivity index (χ3n) is 2.02. The van der Waals surface area contributed by atoms with Crippen molar-refractivity contribution in [2.24, 2.45) is 5.73 Å². The molecule has 0 fully saturated rings. The first kappa shape index (κ1) is 12.1. The second-order valence-corrected chi connectivity index (χ2v) is 4.97. The van der Waals surface area contributed by atoms with Crippen LogP contribution in [0.3, 0.4) is 0 Å². The van der Waals surface area contributed by atoms with Crippen molar-refractivity contribution in [2.45, 2.75) is 10.1 Å². The van der Waals surface area contributed by atoms with Gasteiger partial charge in [0.25, 0.3) is 0 Å². The first-order chi connectivity index (χ1) is 8.09. The zero-order valence-corrected chi connectivity index (χ0v) is 10.9. The summed E-state index contributed by atoms with van der Waals surface area (Å²) >= 11 is 4.27. The molecule has 0 unspecified atom stereocenters. The van der Waals surface area contributed by atoms with Crippen LogP contribution < -0.4 is 5.73 Å². The lowest BCUT2D eigenvalue weighted by Crippen LogP contribution is -2.12. The lowest BCUT2D eigenvalue weighted by molar-refractivity contribution is 0.594. The molecule has 4 nitrogen and oxygen atoms in total. The van der Waals surface area contributed by atoms with Crippen LogP contribution in [-0.2, 0) is 0 Å². The Kier molecular flexibility index (Phi) is 3.49. The maximum Gasteiger partial charge on any atom is 0.170 e. The molecule has 0 amide bonds. The quantitative estimate of drug-likeness (QED) is 0.602. The summed E-state index contributed by atoms with van der Waals surface area (Å²) in [5, 5.41) is 7.90. The Morgan fingerprint density at radius 1 is 1.53 bits per heavy atom. The number of nitrogens with one attached hydrogen (secondary N) is 2. The van der Waals surface area contributed by atoms with Crippen molar-refractivity contribution in [3.63, 3.8) is 0 Å². The number of benzene rings is 1. The third kappa shape index (κ3) is 2.50. The van der Waals surface area contributed by atoms with E-state index in [1.165, 1.54) is 11.8 Å². The zero-order chi connectivity index (χ0) is 12.4. The zero-order valence-electron chi connectivity index (χ0n) is 8.50. The fourth-order valence-electron chi connectivity index (χ4n) is 1.23. The maximum absolute atomic E-state index is 14.0. The van der Waals surface area contributed by atoms with Crippen LogP contribution in [0.15, 0.2) is 39.1 Å². The molecule has 17 heavy (non-hydrogen) atoms. The minimum atomic E-state index is -0.445. The molecule has 7 heteroatoms. The normalized spacial score (nSPS) is 10.5. The molecule has 2 rings (SSSR count). The highest BCUT2D eigenvalue weighted by atomic mass is 79.9. The van der Waals surface area contributed by atoms with Gasteiger partial charge in [-0.25, -0.2) is 9.37 Å². The summed E-state index contributed by atoms with van der Waals surface area (Å²) in [6, 6.07) is 3.17. The summed E-state index contributed by atoms with van der Waals surface area (Å²) in [7, 11) is 0. The van der Waals surface area contributed by atoms with E-state index < -0.39 is 5.82 Å². The van der Waals surface area contributed by atoms with E-state index >= 15 is 0 Å².